The summed E-state index contributed by atoms with van der Waals surface area (Å²) in [6.07, 6.45) is 0. The van der Waals surface area contributed by atoms with Crippen molar-refractivity contribution in [2.24, 2.45) is 5.73 Å². The van der Waals surface area contributed by atoms with E-state index in [-0.39, 0.29) is 29.4 Å². The second kappa shape index (κ2) is 9.67. The number of fused-ring (bicyclic) bond motifs is 1. The van der Waals surface area contributed by atoms with Gasteiger partial charge in [-0.2, -0.15) is 9.97 Å². The van der Waals surface area contributed by atoms with Crippen molar-refractivity contribution in [1.82, 2.24) is 24.8 Å². The number of amidine groups is 1. The molecule has 0 unspecified atom stereocenters. The molecule has 35 heavy (non-hydrogen) atoms. The van der Waals surface area contributed by atoms with E-state index in [0.29, 0.717) is 52.6 Å². The smallest absolute Gasteiger partial charge is 0.327 e. The van der Waals surface area contributed by atoms with Gasteiger partial charge in [-0.05, 0) is 45.0 Å². The molecule has 4 aromatic rings. The average Bonchev–Trinajstić information content (AvgIpc) is 3.20. The number of imidazole rings is 1. The van der Waals surface area contributed by atoms with Gasteiger partial charge >= 0.3 is 6.01 Å². The fraction of sp³-hybridized carbons (Fsp3) is 0.208. The summed E-state index contributed by atoms with van der Waals surface area (Å²) in [4.78, 5) is 31.1. The van der Waals surface area contributed by atoms with Crippen LogP contribution in [0.25, 0.3) is 11.2 Å². The minimum atomic E-state index is -0.227. The first kappa shape index (κ1) is 23.5. The highest BCUT2D eigenvalue weighted by atomic mass is 16.5. The lowest BCUT2D eigenvalue weighted by Crippen LogP contribution is -2.30. The topological polar surface area (TPSA) is 169 Å². The fourth-order valence-corrected chi connectivity index (χ4v) is 3.51. The van der Waals surface area contributed by atoms with E-state index in [1.54, 1.807) is 48.2 Å². The Morgan fingerprint density at radius 1 is 1.09 bits per heavy atom. The van der Waals surface area contributed by atoms with Crippen molar-refractivity contribution in [1.29, 1.82) is 5.41 Å². The van der Waals surface area contributed by atoms with Gasteiger partial charge in [0.25, 0.3) is 11.8 Å². The van der Waals surface area contributed by atoms with Crippen LogP contribution in [0.4, 0.5) is 5.69 Å². The largest absolute Gasteiger partial charge is 0.437 e. The molecule has 0 saturated carbocycles. The number of aromatic amines is 1. The van der Waals surface area contributed by atoms with E-state index in [9.17, 15) is 4.79 Å². The zero-order valence-corrected chi connectivity index (χ0v) is 19.6. The molecule has 0 aliphatic carbocycles. The molecule has 0 radical (unpaired) electrons. The first-order valence-electron chi connectivity index (χ1n) is 11.0. The van der Waals surface area contributed by atoms with Crippen LogP contribution in [-0.2, 0) is 0 Å². The molecule has 11 heteroatoms. The summed E-state index contributed by atoms with van der Waals surface area (Å²) in [5.74, 6) is 1.00. The van der Waals surface area contributed by atoms with E-state index in [4.69, 9.17) is 26.4 Å². The van der Waals surface area contributed by atoms with Crippen LogP contribution in [-0.4, -0.2) is 49.7 Å². The van der Waals surface area contributed by atoms with Gasteiger partial charge in [0.1, 0.15) is 23.2 Å². The number of ether oxygens (including phenoxy) is 2. The number of rotatable bonds is 8. The molecular weight excluding hydrogens is 448 g/mol. The number of benzene rings is 2. The van der Waals surface area contributed by atoms with Gasteiger partial charge in [-0.25, -0.2) is 4.98 Å². The van der Waals surface area contributed by atoms with Crippen LogP contribution in [0.3, 0.4) is 0 Å². The summed E-state index contributed by atoms with van der Waals surface area (Å²) in [5, 5.41) is 7.79. The van der Waals surface area contributed by atoms with Crippen molar-refractivity contribution in [3.8, 4) is 23.4 Å². The summed E-state index contributed by atoms with van der Waals surface area (Å²) in [5.41, 5.74) is 13.6. The van der Waals surface area contributed by atoms with E-state index in [1.807, 2.05) is 13.8 Å². The lowest BCUT2D eigenvalue weighted by atomic mass is 10.1. The number of hydrogen-bond acceptors (Lipinski definition) is 8. The third-order valence-electron chi connectivity index (χ3n) is 5.26. The number of nitrogens with one attached hydrogen (secondary N) is 2. The molecule has 6 N–H and O–H groups in total. The number of aromatic nitrogens is 4. The molecule has 2 aromatic heterocycles. The van der Waals surface area contributed by atoms with Crippen LogP contribution in [0.2, 0.25) is 0 Å². The molecule has 0 bridgehead atoms. The Morgan fingerprint density at radius 2 is 1.86 bits per heavy atom. The number of H-pyrrole nitrogens is 1. The summed E-state index contributed by atoms with van der Waals surface area (Å²) < 4.78 is 12.0. The number of nitrogens with zero attached hydrogens (tertiary/aromatic N) is 4. The minimum absolute atomic E-state index is 0.0747. The number of nitrogen functional groups attached to an aromatic ring is 2. The second-order valence-electron chi connectivity index (χ2n) is 7.71. The van der Waals surface area contributed by atoms with E-state index in [1.165, 1.54) is 6.07 Å². The van der Waals surface area contributed by atoms with Gasteiger partial charge in [-0.1, -0.05) is 12.1 Å². The quantitative estimate of drug-likeness (QED) is 0.170. The Kier molecular flexibility index (Phi) is 6.49. The normalized spacial score (nSPS) is 10.8. The zero-order valence-electron chi connectivity index (χ0n) is 19.6. The summed E-state index contributed by atoms with van der Waals surface area (Å²) in [6.45, 7) is 6.62. The molecule has 0 aliphatic heterocycles. The first-order valence-corrected chi connectivity index (χ1v) is 11.0. The van der Waals surface area contributed by atoms with Gasteiger partial charge in [-0.3, -0.25) is 10.2 Å². The fourth-order valence-electron chi connectivity index (χ4n) is 3.51. The third-order valence-corrected chi connectivity index (χ3v) is 5.26. The third kappa shape index (κ3) is 4.98. The molecule has 2 aromatic carbocycles. The molecule has 1 amide bonds. The highest BCUT2D eigenvalue weighted by Crippen LogP contribution is 2.32. The van der Waals surface area contributed by atoms with Crippen LogP contribution in [0.1, 0.15) is 35.6 Å². The van der Waals surface area contributed by atoms with Gasteiger partial charge in [0.15, 0.2) is 11.2 Å². The van der Waals surface area contributed by atoms with Crippen LogP contribution in [0.5, 0.6) is 23.4 Å². The van der Waals surface area contributed by atoms with Crippen molar-refractivity contribution < 1.29 is 14.3 Å². The summed E-state index contributed by atoms with van der Waals surface area (Å²) in [7, 11) is 0. The van der Waals surface area contributed by atoms with Crippen molar-refractivity contribution >= 4 is 28.6 Å². The summed E-state index contributed by atoms with van der Waals surface area (Å²) >= 11 is 0. The Hall–Kier alpha value is -4.67. The molecule has 180 valence electrons. The number of carbonyl (C=O) groups excluding carboxylic acids is 1. The number of hydrogen-bond donors (Lipinski definition) is 4. The molecule has 4 rings (SSSR count). The van der Waals surface area contributed by atoms with Crippen LogP contribution < -0.4 is 20.9 Å². The van der Waals surface area contributed by atoms with Gasteiger partial charge in [-0.15, -0.1) is 0 Å². The number of carbonyl (C=O) groups is 1. The highest BCUT2D eigenvalue weighted by Gasteiger charge is 2.21. The highest BCUT2D eigenvalue weighted by molar-refractivity contribution is 6.00. The predicted molar refractivity (Wildman–Crippen MR) is 132 cm³/mol. The molecule has 11 nitrogen and oxygen atoms in total. The van der Waals surface area contributed by atoms with Crippen molar-refractivity contribution in [3.05, 3.63) is 59.4 Å². The molecule has 0 saturated heterocycles. The van der Waals surface area contributed by atoms with Crippen LogP contribution in [0.15, 0.2) is 42.5 Å². The molecule has 2 heterocycles. The van der Waals surface area contributed by atoms with Gasteiger partial charge in [0.2, 0.25) is 0 Å². The first-order chi connectivity index (χ1) is 16.8. The monoisotopic (exact) mass is 474 g/mol. The van der Waals surface area contributed by atoms with Gasteiger partial charge in [0, 0.05) is 30.4 Å². The number of amides is 1. The minimum Gasteiger partial charge on any atom is -0.437 e. The maximum atomic E-state index is 13.1. The lowest BCUT2D eigenvalue weighted by molar-refractivity contribution is 0.0770. The molecule has 0 fully saturated rings. The molecule has 0 spiro atoms. The summed E-state index contributed by atoms with van der Waals surface area (Å²) in [6, 6.07) is 11.5. The SMILES string of the molecule is CCN(CC)C(=O)c1ccc(C(=N)N)cc1Oc1nc(Oc2cccc(N)c2)c2nc(C)[nH]c2n1. The zero-order chi connectivity index (χ0) is 25.1. The molecular formula is C24H26N8O3. The maximum absolute atomic E-state index is 13.1. The maximum Gasteiger partial charge on any atom is 0.327 e. The Bertz CT molecular complexity index is 1410. The number of anilines is 1. The Balaban J connectivity index is 1.79. The predicted octanol–water partition coefficient (Wildman–Crippen LogP) is 3.59. The number of nitrogens with two attached hydrogens (primary N) is 2. The van der Waals surface area contributed by atoms with E-state index >= 15 is 0 Å². The van der Waals surface area contributed by atoms with E-state index in [2.05, 4.69) is 19.9 Å². The van der Waals surface area contributed by atoms with Crippen molar-refractivity contribution in [2.75, 3.05) is 18.8 Å². The Morgan fingerprint density at radius 3 is 2.54 bits per heavy atom. The van der Waals surface area contributed by atoms with Crippen molar-refractivity contribution in [3.63, 3.8) is 0 Å². The van der Waals surface area contributed by atoms with E-state index < -0.39 is 0 Å². The standard InChI is InChI=1S/C24H26N8O3/c1-4-32(5-2)23(33)17-10-9-14(20(26)27)11-18(17)35-24-30-21-19(28-13(3)29-21)22(31-24)34-16-8-6-7-15(25)12-16/h6-12H,4-5,25H2,1-3H3,(H3,26,27)(H,28,29,30,31). The number of aryl methyl sites for hydroxylation is 1. The molecule has 0 aliphatic rings. The lowest BCUT2D eigenvalue weighted by Gasteiger charge is -2.20. The average molecular weight is 475 g/mol. The van der Waals surface area contributed by atoms with Gasteiger partial charge in [0.05, 0.1) is 5.56 Å². The van der Waals surface area contributed by atoms with Crippen LogP contribution >= 0.6 is 0 Å². The van der Waals surface area contributed by atoms with Crippen molar-refractivity contribution in [2.45, 2.75) is 20.8 Å². The van der Waals surface area contributed by atoms with E-state index in [0.717, 1.165) is 0 Å². The van der Waals surface area contributed by atoms with Crippen LogP contribution in [0, 0.1) is 12.3 Å². The Labute approximate surface area is 201 Å². The molecule has 0 atom stereocenters. The van der Waals surface area contributed by atoms with Gasteiger partial charge < -0.3 is 30.8 Å². The second-order valence-corrected chi connectivity index (χ2v) is 7.71.